The summed E-state index contributed by atoms with van der Waals surface area (Å²) in [6, 6.07) is 4.48. The average Bonchev–Trinajstić information content (AvgIpc) is 2.04. The third-order valence-corrected chi connectivity index (χ3v) is 1.54. The summed E-state index contributed by atoms with van der Waals surface area (Å²) in [4.78, 5) is 10.6. The Morgan fingerprint density at radius 1 is 1.31 bits per heavy atom. The number of carbonyl (C=O) groups excluding carboxylic acids is 1. The first-order valence-electron chi connectivity index (χ1n) is 3.41. The lowest BCUT2D eigenvalue weighted by Gasteiger charge is -2.06. The van der Waals surface area contributed by atoms with Crippen LogP contribution >= 0.6 is 12.4 Å². The predicted molar refractivity (Wildman–Crippen MR) is 49.8 cm³/mol. The zero-order valence-corrected chi connectivity index (χ0v) is 7.55. The number of halogens is 2. The van der Waals surface area contributed by atoms with Crippen LogP contribution in [0.1, 0.15) is 11.6 Å². The molecule has 1 amide bonds. The van der Waals surface area contributed by atoms with Gasteiger partial charge in [-0.2, -0.15) is 0 Å². The van der Waals surface area contributed by atoms with E-state index in [1.165, 1.54) is 24.3 Å². The number of nitrogens with two attached hydrogens (primary N) is 2. The van der Waals surface area contributed by atoms with Crippen LogP contribution in [0.2, 0.25) is 0 Å². The van der Waals surface area contributed by atoms with Gasteiger partial charge in [-0.15, -0.1) is 12.4 Å². The third-order valence-electron chi connectivity index (χ3n) is 1.54. The second-order valence-corrected chi connectivity index (χ2v) is 2.43. The van der Waals surface area contributed by atoms with Gasteiger partial charge in [-0.05, 0) is 17.7 Å². The Labute approximate surface area is 81.3 Å². The minimum Gasteiger partial charge on any atom is -0.368 e. The lowest BCUT2D eigenvalue weighted by atomic mass is 10.1. The summed E-state index contributed by atoms with van der Waals surface area (Å²) < 4.78 is 12.4. The lowest BCUT2D eigenvalue weighted by Crippen LogP contribution is -2.28. The van der Waals surface area contributed by atoms with Crippen molar-refractivity contribution in [2.45, 2.75) is 6.04 Å². The molecule has 0 spiro atoms. The van der Waals surface area contributed by atoms with Gasteiger partial charge >= 0.3 is 0 Å². The van der Waals surface area contributed by atoms with Crippen molar-refractivity contribution in [3.63, 3.8) is 0 Å². The summed E-state index contributed by atoms with van der Waals surface area (Å²) in [7, 11) is 0. The average molecular weight is 205 g/mol. The van der Waals surface area contributed by atoms with Crippen molar-refractivity contribution in [1.29, 1.82) is 0 Å². The Morgan fingerprint density at radius 3 is 2.15 bits per heavy atom. The van der Waals surface area contributed by atoms with Gasteiger partial charge in [-0.3, -0.25) is 4.79 Å². The van der Waals surface area contributed by atoms with E-state index in [1.807, 2.05) is 0 Å². The van der Waals surface area contributed by atoms with Crippen molar-refractivity contribution in [2.75, 3.05) is 0 Å². The van der Waals surface area contributed by atoms with E-state index in [1.54, 1.807) is 0 Å². The minimum atomic E-state index is -0.856. The first-order valence-corrected chi connectivity index (χ1v) is 3.41. The van der Waals surface area contributed by atoms with Gasteiger partial charge in [0.1, 0.15) is 11.9 Å². The smallest absolute Gasteiger partial charge is 0.238 e. The van der Waals surface area contributed by atoms with Gasteiger partial charge in [-0.25, -0.2) is 4.39 Å². The molecule has 0 saturated carbocycles. The Kier molecular flexibility index (Phi) is 4.37. The molecule has 72 valence electrons. The molecular formula is C8H10ClFN2O. The van der Waals surface area contributed by atoms with E-state index in [4.69, 9.17) is 11.5 Å². The van der Waals surface area contributed by atoms with Crippen molar-refractivity contribution < 1.29 is 9.18 Å². The van der Waals surface area contributed by atoms with Crippen LogP contribution in [-0.4, -0.2) is 5.91 Å². The maximum atomic E-state index is 12.4. The molecule has 0 saturated heterocycles. The second-order valence-electron chi connectivity index (χ2n) is 2.43. The topological polar surface area (TPSA) is 69.1 Å². The number of amides is 1. The van der Waals surface area contributed by atoms with Crippen LogP contribution < -0.4 is 11.5 Å². The van der Waals surface area contributed by atoms with E-state index in [2.05, 4.69) is 0 Å². The Morgan fingerprint density at radius 2 is 1.77 bits per heavy atom. The summed E-state index contributed by atoms with van der Waals surface area (Å²) in [6.07, 6.45) is 0. The Hall–Kier alpha value is -1.13. The first kappa shape index (κ1) is 11.9. The lowest BCUT2D eigenvalue weighted by molar-refractivity contribution is -0.119. The highest BCUT2D eigenvalue weighted by Gasteiger charge is 2.10. The monoisotopic (exact) mass is 204 g/mol. The molecule has 1 rings (SSSR count). The highest BCUT2D eigenvalue weighted by Crippen LogP contribution is 2.09. The van der Waals surface area contributed by atoms with Gasteiger partial charge in [0.15, 0.2) is 0 Å². The zero-order chi connectivity index (χ0) is 9.14. The van der Waals surface area contributed by atoms with E-state index in [0.717, 1.165) is 0 Å². The molecule has 3 nitrogen and oxygen atoms in total. The number of hydrogen-bond donors (Lipinski definition) is 2. The molecule has 0 aliphatic carbocycles. The van der Waals surface area contributed by atoms with Gasteiger partial charge in [-0.1, -0.05) is 12.1 Å². The maximum absolute atomic E-state index is 12.4. The molecule has 0 heterocycles. The Bertz CT molecular complexity index is 289. The summed E-state index contributed by atoms with van der Waals surface area (Å²) >= 11 is 0. The molecule has 0 aliphatic heterocycles. The zero-order valence-electron chi connectivity index (χ0n) is 6.74. The molecule has 4 N–H and O–H groups in total. The van der Waals surface area contributed by atoms with Crippen LogP contribution in [0, 0.1) is 5.82 Å². The van der Waals surface area contributed by atoms with Gasteiger partial charge in [0.25, 0.3) is 0 Å². The molecule has 0 aliphatic rings. The number of primary amides is 1. The number of carbonyl (C=O) groups is 1. The Balaban J connectivity index is 0.00000144. The molecule has 0 unspecified atom stereocenters. The fourth-order valence-corrected chi connectivity index (χ4v) is 0.834. The third kappa shape index (κ3) is 3.01. The van der Waals surface area contributed by atoms with Crippen LogP contribution in [-0.2, 0) is 4.79 Å². The highest BCUT2D eigenvalue weighted by molar-refractivity contribution is 5.85. The molecule has 0 aromatic heterocycles. The van der Waals surface area contributed by atoms with Gasteiger partial charge < -0.3 is 11.5 Å². The van der Waals surface area contributed by atoms with Gasteiger partial charge in [0, 0.05) is 0 Å². The standard InChI is InChI=1S/C8H9FN2O.ClH/c9-6-3-1-5(2-4-6)7(10)8(11)12;/h1-4,7H,10H2,(H2,11,12);1H/t7-;/m0./s1. The quantitative estimate of drug-likeness (QED) is 0.746. The molecule has 13 heavy (non-hydrogen) atoms. The minimum absolute atomic E-state index is 0. The fourth-order valence-electron chi connectivity index (χ4n) is 0.834. The van der Waals surface area contributed by atoms with Crippen molar-refractivity contribution in [1.82, 2.24) is 0 Å². The molecule has 0 radical (unpaired) electrons. The molecule has 5 heteroatoms. The molecule has 0 bridgehead atoms. The summed E-state index contributed by atoms with van der Waals surface area (Å²) in [6.45, 7) is 0. The molecule has 1 aromatic carbocycles. The van der Waals surface area contributed by atoms with Crippen molar-refractivity contribution in [2.24, 2.45) is 11.5 Å². The number of hydrogen-bond acceptors (Lipinski definition) is 2. The molecule has 1 atom stereocenters. The summed E-state index contributed by atoms with van der Waals surface area (Å²) in [5.74, 6) is -0.989. The molecule has 0 fully saturated rings. The number of benzene rings is 1. The first-order chi connectivity index (χ1) is 5.61. The van der Waals surface area contributed by atoms with Crippen molar-refractivity contribution in [3.05, 3.63) is 35.6 Å². The fraction of sp³-hybridized carbons (Fsp3) is 0.125. The van der Waals surface area contributed by atoms with Crippen LogP contribution in [0.5, 0.6) is 0 Å². The maximum Gasteiger partial charge on any atom is 0.238 e. The van der Waals surface area contributed by atoms with Crippen LogP contribution in [0.25, 0.3) is 0 Å². The van der Waals surface area contributed by atoms with E-state index in [-0.39, 0.29) is 18.2 Å². The predicted octanol–water partition coefficient (Wildman–Crippen LogP) is 0.733. The van der Waals surface area contributed by atoms with Crippen molar-refractivity contribution in [3.8, 4) is 0 Å². The van der Waals surface area contributed by atoms with Crippen molar-refractivity contribution >= 4 is 18.3 Å². The number of rotatable bonds is 2. The second kappa shape index (κ2) is 4.79. The van der Waals surface area contributed by atoms with E-state index < -0.39 is 11.9 Å². The van der Waals surface area contributed by atoms with Crippen LogP contribution in [0.15, 0.2) is 24.3 Å². The summed E-state index contributed by atoms with van der Waals surface area (Å²) in [5, 5.41) is 0. The molecule has 1 aromatic rings. The van der Waals surface area contributed by atoms with Gasteiger partial charge in [0.2, 0.25) is 5.91 Å². The van der Waals surface area contributed by atoms with Crippen LogP contribution in [0.3, 0.4) is 0 Å². The SMILES string of the molecule is Cl.NC(=O)[C@@H](N)c1ccc(F)cc1. The molecular weight excluding hydrogens is 195 g/mol. The normalized spacial score (nSPS) is 11.5. The van der Waals surface area contributed by atoms with Crippen LogP contribution in [0.4, 0.5) is 4.39 Å². The largest absolute Gasteiger partial charge is 0.368 e. The van der Waals surface area contributed by atoms with E-state index >= 15 is 0 Å². The van der Waals surface area contributed by atoms with E-state index in [9.17, 15) is 9.18 Å². The highest BCUT2D eigenvalue weighted by atomic mass is 35.5. The van der Waals surface area contributed by atoms with Gasteiger partial charge in [0.05, 0.1) is 0 Å². The van der Waals surface area contributed by atoms with E-state index in [0.29, 0.717) is 5.56 Å². The summed E-state index contributed by atoms with van der Waals surface area (Å²) in [5.41, 5.74) is 10.9.